The molecule has 0 saturated carbocycles. The van der Waals surface area contributed by atoms with Gasteiger partial charge in [0, 0.05) is 17.1 Å². The molecule has 214 valence electrons. The molecule has 0 bridgehead atoms. The minimum Gasteiger partial charge on any atom is -0.497 e. The van der Waals surface area contributed by atoms with Gasteiger partial charge >= 0.3 is 0 Å². The first-order chi connectivity index (χ1) is 19.0. The summed E-state index contributed by atoms with van der Waals surface area (Å²) in [7, 11) is -2.57. The number of amides is 2. The second-order valence-electron chi connectivity index (χ2n) is 9.77. The molecule has 0 unspecified atom stereocenters. The van der Waals surface area contributed by atoms with Crippen LogP contribution in [0.25, 0.3) is 0 Å². The second kappa shape index (κ2) is 13.8. The Balaban J connectivity index is 2.07. The number of sulfonamides is 1. The molecule has 3 rings (SSSR count). The fourth-order valence-corrected chi connectivity index (χ4v) is 6.06. The van der Waals surface area contributed by atoms with Gasteiger partial charge in [-0.1, -0.05) is 58.7 Å². The quantitative estimate of drug-likeness (QED) is 0.294. The van der Waals surface area contributed by atoms with Crippen LogP contribution in [0.3, 0.4) is 0 Å². The van der Waals surface area contributed by atoms with E-state index in [0.717, 1.165) is 15.4 Å². The molecule has 2 amide bonds. The number of nitrogens with one attached hydrogen (secondary N) is 1. The molecular formula is C30H36BrN3O5S. The summed E-state index contributed by atoms with van der Waals surface area (Å²) >= 11 is 3.41. The van der Waals surface area contributed by atoms with Gasteiger partial charge in [-0.15, -0.1) is 0 Å². The number of benzene rings is 3. The Labute approximate surface area is 245 Å². The average Bonchev–Trinajstić information content (AvgIpc) is 2.91. The monoisotopic (exact) mass is 629 g/mol. The van der Waals surface area contributed by atoms with Crippen molar-refractivity contribution in [3.05, 3.63) is 88.4 Å². The number of halogens is 1. The van der Waals surface area contributed by atoms with Crippen molar-refractivity contribution in [2.75, 3.05) is 18.0 Å². The summed E-state index contributed by atoms with van der Waals surface area (Å²) in [6.45, 7) is 6.99. The van der Waals surface area contributed by atoms with Gasteiger partial charge < -0.3 is 15.0 Å². The first kappa shape index (κ1) is 31.2. The first-order valence-electron chi connectivity index (χ1n) is 13.0. The van der Waals surface area contributed by atoms with Crippen LogP contribution in [0, 0.1) is 6.92 Å². The van der Waals surface area contributed by atoms with Gasteiger partial charge in [-0.3, -0.25) is 13.9 Å². The molecule has 0 spiro atoms. The third-order valence-electron chi connectivity index (χ3n) is 6.29. The van der Waals surface area contributed by atoms with Crippen molar-refractivity contribution in [1.82, 2.24) is 10.2 Å². The minimum atomic E-state index is -4.13. The summed E-state index contributed by atoms with van der Waals surface area (Å²) in [5.74, 6) is -0.198. The smallest absolute Gasteiger partial charge is 0.264 e. The molecule has 0 heterocycles. The van der Waals surface area contributed by atoms with E-state index >= 15 is 0 Å². The first-order valence-corrected chi connectivity index (χ1v) is 15.3. The van der Waals surface area contributed by atoms with Gasteiger partial charge in [-0.05, 0) is 75.2 Å². The van der Waals surface area contributed by atoms with Crippen LogP contribution in [-0.4, -0.2) is 50.9 Å². The Morgan fingerprint density at radius 2 is 1.68 bits per heavy atom. The van der Waals surface area contributed by atoms with Crippen LogP contribution in [0.5, 0.6) is 5.75 Å². The number of anilines is 1. The van der Waals surface area contributed by atoms with Gasteiger partial charge in [0.1, 0.15) is 18.3 Å². The highest BCUT2D eigenvalue weighted by Gasteiger charge is 2.34. The summed E-state index contributed by atoms with van der Waals surface area (Å²) in [4.78, 5) is 28.8. The SMILES string of the molecule is CC[C@@H](C(=O)NC(C)C)N(Cc1cccc(OC)c1)C(=O)CN(c1cccc(Br)c1)S(=O)(=O)c1ccc(C)cc1. The molecule has 1 atom stereocenters. The Morgan fingerprint density at radius 1 is 1.00 bits per heavy atom. The van der Waals surface area contributed by atoms with Crippen LogP contribution in [0.4, 0.5) is 5.69 Å². The molecule has 10 heteroatoms. The fourth-order valence-electron chi connectivity index (χ4n) is 4.27. The zero-order valence-electron chi connectivity index (χ0n) is 23.4. The molecule has 0 saturated heterocycles. The van der Waals surface area contributed by atoms with Crippen LogP contribution in [-0.2, 0) is 26.2 Å². The van der Waals surface area contributed by atoms with E-state index in [0.29, 0.717) is 22.3 Å². The van der Waals surface area contributed by atoms with Crippen LogP contribution < -0.4 is 14.4 Å². The normalized spacial score (nSPS) is 12.1. The van der Waals surface area contributed by atoms with E-state index < -0.39 is 28.5 Å². The summed E-state index contributed by atoms with van der Waals surface area (Å²) < 4.78 is 34.9. The zero-order valence-corrected chi connectivity index (χ0v) is 25.8. The van der Waals surface area contributed by atoms with Crippen LogP contribution in [0.1, 0.15) is 38.3 Å². The lowest BCUT2D eigenvalue weighted by Gasteiger charge is -2.33. The lowest BCUT2D eigenvalue weighted by molar-refractivity contribution is -0.140. The van der Waals surface area contributed by atoms with Crippen LogP contribution in [0.2, 0.25) is 0 Å². The molecular weight excluding hydrogens is 594 g/mol. The number of rotatable bonds is 12. The molecule has 3 aromatic carbocycles. The molecule has 8 nitrogen and oxygen atoms in total. The van der Waals surface area contributed by atoms with E-state index in [9.17, 15) is 18.0 Å². The lowest BCUT2D eigenvalue weighted by atomic mass is 10.1. The molecule has 0 fully saturated rings. The highest BCUT2D eigenvalue weighted by molar-refractivity contribution is 9.10. The average molecular weight is 631 g/mol. The largest absolute Gasteiger partial charge is 0.497 e. The van der Waals surface area contributed by atoms with E-state index in [2.05, 4.69) is 21.2 Å². The molecule has 0 aliphatic heterocycles. The number of hydrogen-bond acceptors (Lipinski definition) is 5. The van der Waals surface area contributed by atoms with Crippen molar-refractivity contribution in [2.24, 2.45) is 0 Å². The standard InChI is InChI=1S/C30H36BrN3O5S/c1-6-28(30(36)32-21(2)3)33(19-23-9-7-12-26(17-23)39-5)29(35)20-34(25-11-8-10-24(31)18-25)40(37,38)27-15-13-22(4)14-16-27/h7-18,21,28H,6,19-20H2,1-5H3,(H,32,36)/t28-/m0/s1. The Kier molecular flexibility index (Phi) is 10.8. The molecule has 0 aliphatic carbocycles. The summed E-state index contributed by atoms with van der Waals surface area (Å²) in [5, 5.41) is 2.90. The van der Waals surface area contributed by atoms with Crippen molar-refractivity contribution < 1.29 is 22.7 Å². The van der Waals surface area contributed by atoms with E-state index in [4.69, 9.17) is 4.74 Å². The second-order valence-corrected chi connectivity index (χ2v) is 12.5. The van der Waals surface area contributed by atoms with Gasteiger partial charge in [-0.2, -0.15) is 0 Å². The van der Waals surface area contributed by atoms with Crippen LogP contribution in [0.15, 0.2) is 82.2 Å². The number of nitrogens with zero attached hydrogens (tertiary/aromatic N) is 2. The highest BCUT2D eigenvalue weighted by Crippen LogP contribution is 2.27. The number of carbonyl (C=O) groups excluding carboxylic acids is 2. The number of aryl methyl sites for hydroxylation is 1. The molecule has 3 aromatic rings. The van der Waals surface area contributed by atoms with Crippen molar-refractivity contribution in [2.45, 2.75) is 57.6 Å². The van der Waals surface area contributed by atoms with Crippen LogP contribution >= 0.6 is 15.9 Å². The lowest BCUT2D eigenvalue weighted by Crippen LogP contribution is -2.53. The van der Waals surface area contributed by atoms with E-state index in [1.807, 2.05) is 39.8 Å². The molecule has 0 aliphatic rings. The summed E-state index contributed by atoms with van der Waals surface area (Å²) in [6.07, 6.45) is 0.343. The van der Waals surface area contributed by atoms with Crippen molar-refractivity contribution in [1.29, 1.82) is 0 Å². The van der Waals surface area contributed by atoms with E-state index in [1.165, 1.54) is 17.0 Å². The third kappa shape index (κ3) is 7.85. The Bertz CT molecular complexity index is 1430. The predicted molar refractivity (Wildman–Crippen MR) is 161 cm³/mol. The molecule has 40 heavy (non-hydrogen) atoms. The minimum absolute atomic E-state index is 0.0646. The van der Waals surface area contributed by atoms with E-state index in [1.54, 1.807) is 55.6 Å². The third-order valence-corrected chi connectivity index (χ3v) is 8.57. The van der Waals surface area contributed by atoms with Gasteiger partial charge in [0.15, 0.2) is 0 Å². The topological polar surface area (TPSA) is 96.0 Å². The maximum atomic E-state index is 14.1. The van der Waals surface area contributed by atoms with Crippen molar-refractivity contribution in [3.8, 4) is 5.75 Å². The van der Waals surface area contributed by atoms with E-state index in [-0.39, 0.29) is 23.4 Å². The summed E-state index contributed by atoms with van der Waals surface area (Å²) in [5.41, 5.74) is 1.98. The van der Waals surface area contributed by atoms with Gasteiger partial charge in [-0.25, -0.2) is 8.42 Å². The Morgan fingerprint density at radius 3 is 2.27 bits per heavy atom. The summed E-state index contributed by atoms with van der Waals surface area (Å²) in [6, 6.07) is 19.5. The van der Waals surface area contributed by atoms with Crippen molar-refractivity contribution in [3.63, 3.8) is 0 Å². The predicted octanol–water partition coefficient (Wildman–Crippen LogP) is 5.29. The maximum Gasteiger partial charge on any atom is 0.264 e. The zero-order chi connectivity index (χ0) is 29.4. The Hall–Kier alpha value is -3.37. The molecule has 0 radical (unpaired) electrons. The highest BCUT2D eigenvalue weighted by atomic mass is 79.9. The molecule has 0 aromatic heterocycles. The fraction of sp³-hybridized carbons (Fsp3) is 0.333. The number of carbonyl (C=O) groups is 2. The number of hydrogen-bond donors (Lipinski definition) is 1. The number of ether oxygens (including phenoxy) is 1. The number of methoxy groups -OCH3 is 1. The van der Waals surface area contributed by atoms with Gasteiger partial charge in [0.05, 0.1) is 17.7 Å². The maximum absolute atomic E-state index is 14.1. The van der Waals surface area contributed by atoms with Crippen molar-refractivity contribution >= 4 is 43.5 Å². The van der Waals surface area contributed by atoms with Gasteiger partial charge in [0.25, 0.3) is 10.0 Å². The van der Waals surface area contributed by atoms with Gasteiger partial charge in [0.2, 0.25) is 11.8 Å². The molecule has 1 N–H and O–H groups in total.